The van der Waals surface area contributed by atoms with E-state index >= 15 is 0 Å². The highest BCUT2D eigenvalue weighted by Crippen LogP contribution is 2.30. The van der Waals surface area contributed by atoms with Crippen LogP contribution in [-0.4, -0.2) is 6.04 Å². The molecule has 1 atom stereocenters. The van der Waals surface area contributed by atoms with E-state index in [1.54, 1.807) is 6.92 Å². The zero-order valence-corrected chi connectivity index (χ0v) is 8.55. The third kappa shape index (κ3) is 3.34. The van der Waals surface area contributed by atoms with E-state index in [0.29, 0.717) is 6.07 Å². The lowest BCUT2D eigenvalue weighted by atomic mass is 10.1. The highest BCUT2D eigenvalue weighted by atomic mass is 19.4. The minimum Gasteiger partial charge on any atom is -0.325 e. The third-order valence-electron chi connectivity index (χ3n) is 1.90. The average Bonchev–Trinajstić information content (AvgIpc) is 2.14. The molecule has 0 aliphatic heterocycles. The van der Waals surface area contributed by atoms with Crippen molar-refractivity contribution in [1.82, 2.24) is 0 Å². The first-order chi connectivity index (χ1) is 7.30. The topological polar surface area (TPSA) is 26.0 Å². The van der Waals surface area contributed by atoms with Crippen molar-refractivity contribution in [3.05, 3.63) is 41.2 Å². The maximum absolute atomic E-state index is 13.1. The lowest BCUT2D eigenvalue weighted by Crippen LogP contribution is -2.10. The van der Waals surface area contributed by atoms with Gasteiger partial charge in [-0.25, -0.2) is 4.39 Å². The van der Waals surface area contributed by atoms with E-state index in [-0.39, 0.29) is 11.6 Å². The molecule has 5 heteroatoms. The standard InChI is InChI=1S/C11H11F4N/c1-7(16)2-3-8-6-9(11(13,14)15)4-5-10(8)12/h2-7H,16H2,1H3/b3-2+. The number of alkyl halides is 3. The largest absolute Gasteiger partial charge is 0.416 e. The number of halogens is 4. The van der Waals surface area contributed by atoms with Gasteiger partial charge in [0.15, 0.2) is 0 Å². The number of rotatable bonds is 2. The summed E-state index contributed by atoms with van der Waals surface area (Å²) in [6.45, 7) is 1.64. The molecule has 0 amide bonds. The summed E-state index contributed by atoms with van der Waals surface area (Å²) in [7, 11) is 0. The van der Waals surface area contributed by atoms with Crippen molar-refractivity contribution in [2.75, 3.05) is 0 Å². The van der Waals surface area contributed by atoms with Crippen LogP contribution in [-0.2, 0) is 6.18 Å². The maximum Gasteiger partial charge on any atom is 0.416 e. The van der Waals surface area contributed by atoms with E-state index in [1.165, 1.54) is 12.2 Å². The second kappa shape index (κ2) is 4.65. The molecule has 0 heterocycles. The summed E-state index contributed by atoms with van der Waals surface area (Å²) in [6, 6.07) is 1.92. The summed E-state index contributed by atoms with van der Waals surface area (Å²) >= 11 is 0. The molecule has 0 saturated carbocycles. The Morgan fingerprint density at radius 1 is 1.31 bits per heavy atom. The number of benzene rings is 1. The molecule has 1 aromatic rings. The molecule has 0 aliphatic carbocycles. The van der Waals surface area contributed by atoms with Crippen LogP contribution >= 0.6 is 0 Å². The molecule has 1 aromatic carbocycles. The molecule has 0 aliphatic rings. The van der Waals surface area contributed by atoms with Crippen molar-refractivity contribution in [2.45, 2.75) is 19.1 Å². The average molecular weight is 233 g/mol. The summed E-state index contributed by atoms with van der Waals surface area (Å²) in [6.07, 6.45) is -1.79. The van der Waals surface area contributed by atoms with Gasteiger partial charge >= 0.3 is 6.18 Å². The lowest BCUT2D eigenvalue weighted by molar-refractivity contribution is -0.137. The molecule has 2 N–H and O–H groups in total. The van der Waals surface area contributed by atoms with Crippen LogP contribution in [0.2, 0.25) is 0 Å². The fraction of sp³-hybridized carbons (Fsp3) is 0.273. The second-order valence-electron chi connectivity index (χ2n) is 3.45. The van der Waals surface area contributed by atoms with Gasteiger partial charge in [0.1, 0.15) is 5.82 Å². The van der Waals surface area contributed by atoms with Gasteiger partial charge in [-0.15, -0.1) is 0 Å². The first kappa shape index (κ1) is 12.7. The van der Waals surface area contributed by atoms with Gasteiger partial charge in [0.25, 0.3) is 0 Å². The Morgan fingerprint density at radius 2 is 1.94 bits per heavy atom. The van der Waals surface area contributed by atoms with Crippen LogP contribution in [0, 0.1) is 5.82 Å². The van der Waals surface area contributed by atoms with Crippen molar-refractivity contribution in [1.29, 1.82) is 0 Å². The van der Waals surface area contributed by atoms with Crippen LogP contribution in [0.4, 0.5) is 17.6 Å². The molecular weight excluding hydrogens is 222 g/mol. The summed E-state index contributed by atoms with van der Waals surface area (Å²) in [5, 5.41) is 0. The Labute approximate surface area is 90.6 Å². The zero-order chi connectivity index (χ0) is 12.3. The van der Waals surface area contributed by atoms with E-state index in [1.807, 2.05) is 0 Å². The van der Waals surface area contributed by atoms with Gasteiger partial charge in [0, 0.05) is 11.6 Å². The van der Waals surface area contributed by atoms with Crippen LogP contribution in [0.25, 0.3) is 6.08 Å². The molecule has 0 spiro atoms. The van der Waals surface area contributed by atoms with Crippen molar-refractivity contribution in [2.24, 2.45) is 5.73 Å². The minimum absolute atomic E-state index is 0.118. The van der Waals surface area contributed by atoms with Gasteiger partial charge in [0.05, 0.1) is 5.56 Å². The van der Waals surface area contributed by atoms with Gasteiger partial charge in [-0.3, -0.25) is 0 Å². The molecule has 0 fully saturated rings. The summed E-state index contributed by atoms with van der Waals surface area (Å²) in [5.74, 6) is -0.704. The lowest BCUT2D eigenvalue weighted by Gasteiger charge is -2.07. The van der Waals surface area contributed by atoms with Crippen molar-refractivity contribution in [3.8, 4) is 0 Å². The highest BCUT2D eigenvalue weighted by molar-refractivity contribution is 5.52. The quantitative estimate of drug-likeness (QED) is 0.780. The summed E-state index contributed by atoms with van der Waals surface area (Å²) < 4.78 is 50.1. The number of hydrogen-bond donors (Lipinski definition) is 1. The van der Waals surface area contributed by atoms with Crippen LogP contribution in [0.5, 0.6) is 0 Å². The Kier molecular flexibility index (Phi) is 3.70. The van der Waals surface area contributed by atoms with Gasteiger partial charge in [0.2, 0.25) is 0 Å². The molecular formula is C11H11F4N. The Morgan fingerprint density at radius 3 is 2.44 bits per heavy atom. The van der Waals surface area contributed by atoms with Crippen molar-refractivity contribution < 1.29 is 17.6 Å². The normalized spacial score (nSPS) is 14.4. The van der Waals surface area contributed by atoms with E-state index in [4.69, 9.17) is 5.73 Å². The maximum atomic E-state index is 13.1. The van der Waals surface area contributed by atoms with Gasteiger partial charge in [-0.1, -0.05) is 12.2 Å². The monoisotopic (exact) mass is 233 g/mol. The molecule has 0 radical (unpaired) electrons. The van der Waals surface area contributed by atoms with Gasteiger partial charge < -0.3 is 5.73 Å². The van der Waals surface area contributed by atoms with E-state index in [9.17, 15) is 17.6 Å². The van der Waals surface area contributed by atoms with E-state index < -0.39 is 17.6 Å². The Balaban J connectivity index is 3.09. The first-order valence-corrected chi connectivity index (χ1v) is 4.61. The highest BCUT2D eigenvalue weighted by Gasteiger charge is 2.30. The number of hydrogen-bond acceptors (Lipinski definition) is 1. The predicted octanol–water partition coefficient (Wildman–Crippen LogP) is 3.20. The fourth-order valence-corrected chi connectivity index (χ4v) is 1.10. The molecule has 1 rings (SSSR count). The second-order valence-corrected chi connectivity index (χ2v) is 3.45. The molecule has 0 bridgehead atoms. The first-order valence-electron chi connectivity index (χ1n) is 4.61. The zero-order valence-electron chi connectivity index (χ0n) is 8.55. The molecule has 0 aromatic heterocycles. The van der Waals surface area contributed by atoms with Crippen molar-refractivity contribution in [3.63, 3.8) is 0 Å². The van der Waals surface area contributed by atoms with Crippen molar-refractivity contribution >= 4 is 6.08 Å². The Hall–Kier alpha value is -1.36. The van der Waals surface area contributed by atoms with Crippen LogP contribution < -0.4 is 5.73 Å². The van der Waals surface area contributed by atoms with Crippen LogP contribution in [0.1, 0.15) is 18.1 Å². The van der Waals surface area contributed by atoms with Gasteiger partial charge in [-0.05, 0) is 25.1 Å². The Bertz CT molecular complexity index is 393. The van der Waals surface area contributed by atoms with Crippen LogP contribution in [0.15, 0.2) is 24.3 Å². The predicted molar refractivity (Wildman–Crippen MR) is 54.1 cm³/mol. The third-order valence-corrected chi connectivity index (χ3v) is 1.90. The summed E-state index contributed by atoms with van der Waals surface area (Å²) in [4.78, 5) is 0. The SMILES string of the molecule is CC(N)/C=C/c1cc(C(F)(F)F)ccc1F. The van der Waals surface area contributed by atoms with E-state index in [2.05, 4.69) is 0 Å². The minimum atomic E-state index is -4.47. The molecule has 16 heavy (non-hydrogen) atoms. The number of nitrogens with two attached hydrogens (primary N) is 1. The summed E-state index contributed by atoms with van der Waals surface area (Å²) in [5.41, 5.74) is 4.39. The molecule has 1 unspecified atom stereocenters. The molecule has 88 valence electrons. The van der Waals surface area contributed by atoms with Crippen LogP contribution in [0.3, 0.4) is 0 Å². The smallest absolute Gasteiger partial charge is 0.325 e. The molecule has 1 nitrogen and oxygen atoms in total. The van der Waals surface area contributed by atoms with E-state index in [0.717, 1.165) is 12.1 Å². The van der Waals surface area contributed by atoms with Gasteiger partial charge in [-0.2, -0.15) is 13.2 Å². The molecule has 0 saturated heterocycles. The fourth-order valence-electron chi connectivity index (χ4n) is 1.10.